The fraction of sp³-hybridized carbons (Fsp3) is 0.138. The molecular formula is C29H22N2O4S3. The molecule has 3 heterocycles. The first-order valence-corrected chi connectivity index (χ1v) is 14.6. The van der Waals surface area contributed by atoms with Crippen LogP contribution in [-0.2, 0) is 14.3 Å². The van der Waals surface area contributed by atoms with Crippen molar-refractivity contribution in [3.8, 4) is 0 Å². The van der Waals surface area contributed by atoms with E-state index in [2.05, 4.69) is 0 Å². The Kier molecular flexibility index (Phi) is 6.84. The molecule has 0 saturated carbocycles. The van der Waals surface area contributed by atoms with Gasteiger partial charge in [-0.1, -0.05) is 84.6 Å². The Morgan fingerprint density at radius 3 is 2.26 bits per heavy atom. The first-order valence-electron chi connectivity index (χ1n) is 12.0. The Bertz CT molecular complexity index is 1580. The van der Waals surface area contributed by atoms with E-state index in [9.17, 15) is 14.4 Å². The lowest BCUT2D eigenvalue weighted by Gasteiger charge is -2.48. The van der Waals surface area contributed by atoms with Gasteiger partial charge in [0.2, 0.25) is 5.91 Å². The van der Waals surface area contributed by atoms with Crippen molar-refractivity contribution in [1.29, 1.82) is 0 Å². The van der Waals surface area contributed by atoms with E-state index in [1.54, 1.807) is 12.1 Å². The van der Waals surface area contributed by atoms with Gasteiger partial charge in [0.05, 0.1) is 4.21 Å². The highest BCUT2D eigenvalue weighted by atomic mass is 32.2. The predicted octanol–water partition coefficient (Wildman–Crippen LogP) is 5.14. The van der Waals surface area contributed by atoms with Crippen LogP contribution in [0.15, 0.2) is 111 Å². The minimum Gasteiger partial charge on any atom is -0.448 e. The van der Waals surface area contributed by atoms with Crippen LogP contribution < -0.4 is 11.2 Å². The van der Waals surface area contributed by atoms with Gasteiger partial charge in [-0.2, -0.15) is 0 Å². The van der Waals surface area contributed by atoms with E-state index >= 15 is 0 Å². The van der Waals surface area contributed by atoms with E-state index in [1.807, 2.05) is 78.9 Å². The molecule has 1 amide bonds. The third kappa shape index (κ3) is 4.56. The molecule has 3 aromatic carbocycles. The van der Waals surface area contributed by atoms with Crippen LogP contribution in [0.1, 0.15) is 17.2 Å². The Balaban J connectivity index is 1.40. The number of hydrogen-bond donors (Lipinski definition) is 1. The molecule has 6 rings (SSSR count). The summed E-state index contributed by atoms with van der Waals surface area (Å²) in [5.74, 6) is -0.425. The highest BCUT2D eigenvalue weighted by molar-refractivity contribution is 8.07. The van der Waals surface area contributed by atoms with Crippen molar-refractivity contribution in [2.75, 3.05) is 5.75 Å². The molecule has 0 aliphatic carbocycles. The minimum atomic E-state index is -0.662. The number of nitrogens with zero attached hydrogens (tertiary/aromatic N) is 1. The minimum absolute atomic E-state index is 0.0804. The zero-order valence-electron chi connectivity index (χ0n) is 20.0. The van der Waals surface area contributed by atoms with Crippen molar-refractivity contribution in [2.45, 2.75) is 21.7 Å². The number of esters is 1. The van der Waals surface area contributed by atoms with Gasteiger partial charge in [0.15, 0.2) is 11.5 Å². The lowest BCUT2D eigenvalue weighted by molar-refractivity contribution is -0.152. The average Bonchev–Trinajstić information content (AvgIpc) is 2.96. The lowest BCUT2D eigenvalue weighted by Crippen LogP contribution is -2.68. The molecule has 190 valence electrons. The zero-order valence-corrected chi connectivity index (χ0v) is 22.4. The van der Waals surface area contributed by atoms with Crippen molar-refractivity contribution < 1.29 is 14.3 Å². The van der Waals surface area contributed by atoms with Crippen molar-refractivity contribution in [1.82, 2.24) is 4.90 Å². The number of carbonyl (C=O) groups is 2. The van der Waals surface area contributed by atoms with Gasteiger partial charge in [0.1, 0.15) is 17.1 Å². The fourth-order valence-corrected chi connectivity index (χ4v) is 8.37. The van der Waals surface area contributed by atoms with Crippen molar-refractivity contribution in [3.05, 3.63) is 123 Å². The number of amides is 1. The second-order valence-electron chi connectivity index (χ2n) is 8.84. The first-order chi connectivity index (χ1) is 18.5. The normalized spacial score (nSPS) is 18.9. The molecule has 1 aromatic heterocycles. The van der Waals surface area contributed by atoms with Gasteiger partial charge < -0.3 is 10.5 Å². The van der Waals surface area contributed by atoms with Crippen molar-refractivity contribution in [3.63, 3.8) is 0 Å². The maximum Gasteiger partial charge on any atom is 0.356 e. The topological polar surface area (TPSA) is 89.7 Å². The van der Waals surface area contributed by atoms with Crippen LogP contribution in [0, 0.1) is 0 Å². The molecule has 1 saturated heterocycles. The summed E-state index contributed by atoms with van der Waals surface area (Å²) in [7, 11) is 0. The summed E-state index contributed by atoms with van der Waals surface area (Å²) in [5.41, 5.74) is 7.84. The van der Waals surface area contributed by atoms with E-state index in [-0.39, 0.29) is 22.4 Å². The van der Waals surface area contributed by atoms with E-state index in [4.69, 9.17) is 10.5 Å². The number of rotatable bonds is 6. The van der Waals surface area contributed by atoms with Gasteiger partial charge in [-0.05, 0) is 23.3 Å². The summed E-state index contributed by atoms with van der Waals surface area (Å²) in [6.45, 7) is 0. The standard InChI is InChI=1S/C29H22N2O4S3/c30-24-27(33)31-25(29(34)35-26(17-9-3-1-4-10-17)18-11-5-2-6-12-18)22(16-36-28(24)31)38-23-15-20(32)19-13-7-8-14-21(19)37-23/h1-15,24,26,28H,16,30H2/t24-,28-/m1/s1. The quantitative estimate of drug-likeness (QED) is 0.259. The van der Waals surface area contributed by atoms with E-state index in [0.29, 0.717) is 16.0 Å². The summed E-state index contributed by atoms with van der Waals surface area (Å²) in [6, 6.07) is 27.4. The third-order valence-electron chi connectivity index (χ3n) is 6.43. The largest absolute Gasteiger partial charge is 0.448 e. The molecule has 2 N–H and O–H groups in total. The van der Waals surface area contributed by atoms with Crippen LogP contribution in [0.25, 0.3) is 10.1 Å². The highest BCUT2D eigenvalue weighted by Gasteiger charge is 2.52. The lowest BCUT2D eigenvalue weighted by atomic mass is 10.0. The number of nitrogens with two attached hydrogens (primary N) is 1. The molecule has 2 aliphatic rings. The number of thioether (sulfide) groups is 2. The number of ether oxygens (including phenoxy) is 1. The van der Waals surface area contributed by atoms with Crippen LogP contribution in [0.2, 0.25) is 0 Å². The molecule has 2 atom stereocenters. The SMILES string of the molecule is N[C@@H]1C(=O)N2C(C(=O)OC(c3ccccc3)c3ccccc3)=C(Sc3cc(=O)c4ccccc4s3)CS[C@H]12. The van der Waals surface area contributed by atoms with E-state index < -0.39 is 18.1 Å². The number of hydrogen-bond acceptors (Lipinski definition) is 8. The van der Waals surface area contributed by atoms with E-state index in [1.165, 1.54) is 39.8 Å². The van der Waals surface area contributed by atoms with Crippen LogP contribution in [-0.4, -0.2) is 33.9 Å². The average molecular weight is 559 g/mol. The first kappa shape index (κ1) is 24.9. The number of carbonyl (C=O) groups excluding carboxylic acids is 2. The molecular weight excluding hydrogens is 537 g/mol. The van der Waals surface area contributed by atoms with E-state index in [0.717, 1.165) is 20.0 Å². The second-order valence-corrected chi connectivity index (χ2v) is 12.4. The number of benzene rings is 3. The van der Waals surface area contributed by atoms with Gasteiger partial charge >= 0.3 is 5.97 Å². The van der Waals surface area contributed by atoms with Gasteiger partial charge in [-0.15, -0.1) is 23.1 Å². The summed E-state index contributed by atoms with van der Waals surface area (Å²) in [5, 5.41) is 0.336. The monoisotopic (exact) mass is 558 g/mol. The summed E-state index contributed by atoms with van der Waals surface area (Å²) >= 11 is 4.32. The van der Waals surface area contributed by atoms with Gasteiger partial charge in [-0.3, -0.25) is 14.5 Å². The fourth-order valence-electron chi connectivity index (χ4n) is 4.56. The molecule has 2 aliphatic heterocycles. The smallest absolute Gasteiger partial charge is 0.356 e. The van der Waals surface area contributed by atoms with Crippen LogP contribution in [0.3, 0.4) is 0 Å². The van der Waals surface area contributed by atoms with Gasteiger partial charge in [-0.25, -0.2) is 4.79 Å². The molecule has 0 bridgehead atoms. The van der Waals surface area contributed by atoms with Gasteiger partial charge in [0.25, 0.3) is 0 Å². The van der Waals surface area contributed by atoms with Crippen LogP contribution in [0.4, 0.5) is 0 Å². The van der Waals surface area contributed by atoms with Crippen molar-refractivity contribution >= 4 is 56.8 Å². The summed E-state index contributed by atoms with van der Waals surface area (Å²) in [4.78, 5) is 41.6. The Morgan fingerprint density at radius 1 is 0.947 bits per heavy atom. The summed E-state index contributed by atoms with van der Waals surface area (Å²) in [6.07, 6.45) is -0.654. The maximum absolute atomic E-state index is 13.9. The van der Waals surface area contributed by atoms with Crippen LogP contribution in [0.5, 0.6) is 0 Å². The van der Waals surface area contributed by atoms with Crippen molar-refractivity contribution in [2.24, 2.45) is 5.73 Å². The molecule has 0 spiro atoms. The Labute approximate surface area is 231 Å². The highest BCUT2D eigenvalue weighted by Crippen LogP contribution is 2.46. The molecule has 38 heavy (non-hydrogen) atoms. The van der Waals surface area contributed by atoms with Gasteiger partial charge in [0, 0.05) is 26.8 Å². The Hall–Kier alpha value is -3.37. The molecule has 6 nitrogen and oxygen atoms in total. The number of β-lactam (4-membered cyclic amide) rings is 1. The molecule has 9 heteroatoms. The van der Waals surface area contributed by atoms with Crippen LogP contribution >= 0.6 is 34.9 Å². The maximum atomic E-state index is 13.9. The molecule has 0 radical (unpaired) electrons. The molecule has 0 unspecified atom stereocenters. The molecule has 4 aromatic rings. The second kappa shape index (κ2) is 10.4. The number of fused-ring (bicyclic) bond motifs is 2. The summed E-state index contributed by atoms with van der Waals surface area (Å²) < 4.78 is 7.76. The predicted molar refractivity (Wildman–Crippen MR) is 153 cm³/mol. The molecule has 1 fully saturated rings. The Morgan fingerprint density at radius 2 is 1.58 bits per heavy atom. The third-order valence-corrected chi connectivity index (χ3v) is 10.2. The zero-order chi connectivity index (χ0) is 26.2.